The Bertz CT molecular complexity index is 544. The van der Waals surface area contributed by atoms with Crippen molar-refractivity contribution in [3.63, 3.8) is 0 Å². The van der Waals surface area contributed by atoms with Gasteiger partial charge in [0.25, 0.3) is 0 Å². The van der Waals surface area contributed by atoms with Crippen molar-refractivity contribution in [2.75, 3.05) is 13.2 Å². The third-order valence-corrected chi connectivity index (χ3v) is 14.3. The van der Waals surface area contributed by atoms with E-state index in [1.807, 2.05) is 0 Å². The molecule has 2 heterocycles. The predicted octanol–water partition coefficient (Wildman–Crippen LogP) is 3.92. The molecule has 0 radical (unpaired) electrons. The van der Waals surface area contributed by atoms with E-state index < -0.39 is 13.9 Å². The van der Waals surface area contributed by atoms with Crippen LogP contribution < -0.4 is 0 Å². The van der Waals surface area contributed by atoms with Gasteiger partial charge in [0.2, 0.25) is 0 Å². The Morgan fingerprint density at radius 3 is 1.52 bits per heavy atom. The summed E-state index contributed by atoms with van der Waals surface area (Å²) in [5.74, 6) is 0. The second kappa shape index (κ2) is 5.60. The summed E-state index contributed by atoms with van der Waals surface area (Å²) in [7, 11) is 0. The first-order chi connectivity index (χ1) is 10.4. The summed E-state index contributed by atoms with van der Waals surface area (Å²) in [4.78, 5) is 0. The molecule has 4 rings (SSSR count). The first-order valence-electron chi connectivity index (χ1n) is 7.78. The molecular formula is C18H20GeO2. The molecular weight excluding hydrogens is 321 g/mol. The van der Waals surface area contributed by atoms with Crippen molar-refractivity contribution < 1.29 is 7.53 Å². The summed E-state index contributed by atoms with van der Waals surface area (Å²) in [6, 6.07) is 21.7. The molecule has 2 nitrogen and oxygen atoms in total. The zero-order valence-electron chi connectivity index (χ0n) is 12.1. The van der Waals surface area contributed by atoms with Gasteiger partial charge in [0.15, 0.2) is 0 Å². The van der Waals surface area contributed by atoms with Crippen LogP contribution in [0.15, 0.2) is 60.7 Å². The van der Waals surface area contributed by atoms with Gasteiger partial charge in [-0.15, -0.1) is 0 Å². The SMILES string of the molecule is c1ccc([CH]2CC[CH](c3ccccc3)[Ge]23[O]CC[O]3)cc1. The van der Waals surface area contributed by atoms with Gasteiger partial charge >= 0.3 is 129 Å². The number of hydrogen-bond donors (Lipinski definition) is 0. The first kappa shape index (κ1) is 13.6. The van der Waals surface area contributed by atoms with Gasteiger partial charge in [-0.3, -0.25) is 0 Å². The van der Waals surface area contributed by atoms with E-state index in [9.17, 15) is 0 Å². The molecule has 0 aromatic heterocycles. The first-order valence-corrected chi connectivity index (χ1v) is 11.9. The van der Waals surface area contributed by atoms with Crippen LogP contribution in [0.4, 0.5) is 0 Å². The summed E-state index contributed by atoms with van der Waals surface area (Å²) < 4.78 is 13.8. The molecule has 2 aromatic carbocycles. The number of benzene rings is 2. The van der Waals surface area contributed by atoms with E-state index in [0.717, 1.165) is 13.2 Å². The summed E-state index contributed by atoms with van der Waals surface area (Å²) in [6.45, 7) is 1.57. The second-order valence-electron chi connectivity index (χ2n) is 5.92. The molecule has 21 heavy (non-hydrogen) atoms. The maximum atomic E-state index is 6.40. The number of rotatable bonds is 2. The van der Waals surface area contributed by atoms with Crippen molar-refractivity contribution in [2.45, 2.75) is 22.3 Å². The molecule has 0 aliphatic carbocycles. The van der Waals surface area contributed by atoms with Crippen LogP contribution in [0.2, 0.25) is 0 Å². The van der Waals surface area contributed by atoms with Gasteiger partial charge in [-0.05, 0) is 0 Å². The molecule has 3 heteroatoms. The molecule has 2 saturated heterocycles. The quantitative estimate of drug-likeness (QED) is 0.771. The topological polar surface area (TPSA) is 18.5 Å². The summed E-state index contributed by atoms with van der Waals surface area (Å²) in [5, 5.41) is 0. The Morgan fingerprint density at radius 1 is 0.667 bits per heavy atom. The average Bonchev–Trinajstić information content (AvgIpc) is 3.18. The molecule has 2 aromatic rings. The van der Waals surface area contributed by atoms with Crippen LogP contribution in [0.1, 0.15) is 33.5 Å². The fourth-order valence-corrected chi connectivity index (χ4v) is 13.7. The molecule has 2 aliphatic heterocycles. The van der Waals surface area contributed by atoms with Crippen molar-refractivity contribution in [3.05, 3.63) is 71.8 Å². The van der Waals surface area contributed by atoms with Gasteiger partial charge in [-0.2, -0.15) is 0 Å². The summed E-state index contributed by atoms with van der Waals surface area (Å²) in [6.07, 6.45) is 2.40. The van der Waals surface area contributed by atoms with E-state index in [0.29, 0.717) is 9.50 Å². The Morgan fingerprint density at radius 2 is 1.10 bits per heavy atom. The Kier molecular flexibility index (Phi) is 3.61. The monoisotopic (exact) mass is 342 g/mol. The fraction of sp³-hybridized carbons (Fsp3) is 0.333. The molecule has 2 fully saturated rings. The van der Waals surface area contributed by atoms with Crippen LogP contribution in [0, 0.1) is 0 Å². The Balaban J connectivity index is 1.75. The predicted molar refractivity (Wildman–Crippen MR) is 85.3 cm³/mol. The molecule has 0 bridgehead atoms. The van der Waals surface area contributed by atoms with Crippen LogP contribution in [-0.2, 0) is 7.53 Å². The standard InChI is InChI=1S/C18H20GeO2/c1-3-7-15(8-4-1)17-11-12-18(16-9-5-2-6-10-16)19(17)20-13-14-21-19/h1-10,17-18H,11-14H2. The van der Waals surface area contributed by atoms with Gasteiger partial charge in [-0.1, -0.05) is 0 Å². The number of hydrogen-bond acceptors (Lipinski definition) is 2. The van der Waals surface area contributed by atoms with E-state index in [1.54, 1.807) is 0 Å². The van der Waals surface area contributed by atoms with Crippen molar-refractivity contribution in [1.29, 1.82) is 0 Å². The Hall–Kier alpha value is -1.10. The van der Waals surface area contributed by atoms with Gasteiger partial charge in [0.1, 0.15) is 0 Å². The van der Waals surface area contributed by atoms with Gasteiger partial charge < -0.3 is 0 Å². The summed E-state index contributed by atoms with van der Waals surface area (Å²) in [5.41, 5.74) is 2.83. The van der Waals surface area contributed by atoms with E-state index in [-0.39, 0.29) is 0 Å². The molecule has 2 atom stereocenters. The van der Waals surface area contributed by atoms with Crippen LogP contribution in [0.25, 0.3) is 0 Å². The van der Waals surface area contributed by atoms with Crippen LogP contribution >= 0.6 is 0 Å². The van der Waals surface area contributed by atoms with Crippen LogP contribution in [0.5, 0.6) is 0 Å². The third-order valence-electron chi connectivity index (χ3n) is 4.86. The molecule has 2 unspecified atom stereocenters. The molecule has 1 spiro atoms. The van der Waals surface area contributed by atoms with Gasteiger partial charge in [0.05, 0.1) is 0 Å². The van der Waals surface area contributed by atoms with Gasteiger partial charge in [0, 0.05) is 0 Å². The van der Waals surface area contributed by atoms with E-state index in [2.05, 4.69) is 60.7 Å². The normalized spacial score (nSPS) is 27.2. The third kappa shape index (κ3) is 2.26. The van der Waals surface area contributed by atoms with Crippen molar-refractivity contribution in [3.8, 4) is 0 Å². The molecule has 108 valence electrons. The van der Waals surface area contributed by atoms with Gasteiger partial charge in [-0.25, -0.2) is 0 Å². The molecule has 2 aliphatic rings. The second-order valence-corrected chi connectivity index (χ2v) is 13.1. The Labute approximate surface area is 129 Å². The molecule has 0 N–H and O–H groups in total. The minimum absolute atomic E-state index is 0.513. The minimum atomic E-state index is -2.82. The summed E-state index contributed by atoms with van der Waals surface area (Å²) >= 11 is -2.82. The van der Waals surface area contributed by atoms with Crippen LogP contribution in [-0.4, -0.2) is 27.2 Å². The molecule has 0 amide bonds. The van der Waals surface area contributed by atoms with E-state index in [4.69, 9.17) is 7.53 Å². The zero-order valence-corrected chi connectivity index (χ0v) is 14.2. The van der Waals surface area contributed by atoms with Crippen molar-refractivity contribution >= 4 is 13.9 Å². The van der Waals surface area contributed by atoms with Crippen LogP contribution in [0.3, 0.4) is 0 Å². The molecule has 0 saturated carbocycles. The van der Waals surface area contributed by atoms with Crippen molar-refractivity contribution in [1.82, 2.24) is 0 Å². The maximum absolute atomic E-state index is 6.40. The fourth-order valence-electron chi connectivity index (χ4n) is 3.99. The average molecular weight is 341 g/mol. The zero-order chi connectivity index (χ0) is 14.1. The van der Waals surface area contributed by atoms with Crippen molar-refractivity contribution in [2.24, 2.45) is 0 Å². The van der Waals surface area contributed by atoms with E-state index in [1.165, 1.54) is 24.0 Å². The van der Waals surface area contributed by atoms with E-state index >= 15 is 0 Å².